The summed E-state index contributed by atoms with van der Waals surface area (Å²) < 4.78 is 7.22. The Morgan fingerprint density at radius 2 is 2.00 bits per heavy atom. The van der Waals surface area contributed by atoms with Crippen LogP contribution in [0.15, 0.2) is 35.1 Å². The van der Waals surface area contributed by atoms with E-state index in [1.807, 2.05) is 37.3 Å². The lowest BCUT2D eigenvalue weighted by atomic mass is 10.2. The van der Waals surface area contributed by atoms with E-state index in [-0.39, 0.29) is 5.69 Å². The van der Waals surface area contributed by atoms with E-state index in [0.717, 1.165) is 18.4 Å². The normalized spacial score (nSPS) is 11.0. The van der Waals surface area contributed by atoms with Gasteiger partial charge >= 0.3 is 11.7 Å². The Kier molecular flexibility index (Phi) is 4.41. The third kappa shape index (κ3) is 3.26. The highest BCUT2D eigenvalue weighted by Gasteiger charge is 2.14. The van der Waals surface area contributed by atoms with Crippen LogP contribution in [0, 0.1) is 6.92 Å². The van der Waals surface area contributed by atoms with E-state index in [4.69, 9.17) is 4.74 Å². The van der Waals surface area contributed by atoms with Gasteiger partial charge in [-0.25, -0.2) is 4.79 Å². The van der Waals surface area contributed by atoms with Crippen LogP contribution < -0.4 is 10.4 Å². The summed E-state index contributed by atoms with van der Waals surface area (Å²) in [5, 5.41) is 0. The van der Waals surface area contributed by atoms with Crippen molar-refractivity contribution in [2.75, 3.05) is 6.61 Å². The smallest absolute Gasteiger partial charge is 0.328 e. The Morgan fingerprint density at radius 1 is 1.22 bits per heavy atom. The quantitative estimate of drug-likeness (QED) is 0.710. The van der Waals surface area contributed by atoms with E-state index in [1.165, 1.54) is 0 Å². The molecule has 0 amide bonds. The summed E-state index contributed by atoms with van der Waals surface area (Å²) in [7, 11) is 0. The number of nitrogens with one attached hydrogen (secondary N) is 1. The molecule has 0 bridgehead atoms. The molecule has 0 atom stereocenters. The van der Waals surface area contributed by atoms with Gasteiger partial charge in [-0.15, -0.1) is 0 Å². The van der Waals surface area contributed by atoms with Crippen LogP contribution in [0.4, 0.5) is 0 Å². The lowest BCUT2D eigenvalue weighted by Crippen LogP contribution is -2.17. The van der Waals surface area contributed by atoms with E-state index in [9.17, 15) is 4.79 Å². The van der Waals surface area contributed by atoms with E-state index in [2.05, 4.69) is 21.9 Å². The number of hydrogen-bond acceptors (Lipinski definition) is 4. The fourth-order valence-corrected chi connectivity index (χ4v) is 2.43. The molecule has 1 aromatic carbocycles. The number of fused-ring (bicyclic) bond motifs is 1. The molecule has 6 heteroatoms. The number of benzene rings is 1. The third-order valence-corrected chi connectivity index (χ3v) is 3.70. The summed E-state index contributed by atoms with van der Waals surface area (Å²) in [6, 6.07) is 10.1. The molecule has 2 aromatic heterocycles. The minimum Gasteiger partial charge on any atom is -0.463 e. The summed E-state index contributed by atoms with van der Waals surface area (Å²) in [4.78, 5) is 23.8. The second kappa shape index (κ2) is 6.64. The van der Waals surface area contributed by atoms with Crippen LogP contribution >= 0.6 is 0 Å². The summed E-state index contributed by atoms with van der Waals surface area (Å²) in [5.74, 6) is 0. The van der Waals surface area contributed by atoms with E-state index < -0.39 is 0 Å². The molecule has 6 nitrogen and oxygen atoms in total. The van der Waals surface area contributed by atoms with Gasteiger partial charge in [0.05, 0.1) is 18.8 Å². The molecule has 120 valence electrons. The van der Waals surface area contributed by atoms with Crippen molar-refractivity contribution in [1.82, 2.24) is 19.5 Å². The van der Waals surface area contributed by atoms with Gasteiger partial charge in [-0.2, -0.15) is 9.97 Å². The predicted octanol–water partition coefficient (Wildman–Crippen LogP) is 2.66. The lowest BCUT2D eigenvalue weighted by molar-refractivity contribution is 0.285. The van der Waals surface area contributed by atoms with Crippen molar-refractivity contribution >= 4 is 11.2 Å². The predicted molar refractivity (Wildman–Crippen MR) is 88.8 cm³/mol. The van der Waals surface area contributed by atoms with Gasteiger partial charge in [-0.3, -0.25) is 4.57 Å². The Bertz CT molecular complexity index is 852. The van der Waals surface area contributed by atoms with Gasteiger partial charge in [-0.05, 0) is 18.9 Å². The Morgan fingerprint density at radius 3 is 2.74 bits per heavy atom. The zero-order chi connectivity index (χ0) is 16.2. The standard InChI is InChI=1S/C17H20N4O2/c1-3-4-10-23-16-18-12(2)14-15(20-16)21(17(22)19-14)11-13-8-6-5-7-9-13/h5-9H,3-4,10-11H2,1-2H3,(H,19,22). The molecular formula is C17H20N4O2. The number of imidazole rings is 1. The number of H-pyrrole nitrogens is 1. The number of rotatable bonds is 6. The van der Waals surface area contributed by atoms with Gasteiger partial charge in [-0.1, -0.05) is 43.7 Å². The highest BCUT2D eigenvalue weighted by Crippen LogP contribution is 2.16. The highest BCUT2D eigenvalue weighted by molar-refractivity contribution is 5.73. The molecule has 0 aliphatic heterocycles. The van der Waals surface area contributed by atoms with Crippen LogP contribution in [0.5, 0.6) is 6.01 Å². The summed E-state index contributed by atoms with van der Waals surface area (Å²) in [6.45, 7) is 4.99. The largest absolute Gasteiger partial charge is 0.463 e. The first-order valence-corrected chi connectivity index (χ1v) is 7.83. The molecule has 0 aliphatic rings. The summed E-state index contributed by atoms with van der Waals surface area (Å²) in [6.07, 6.45) is 1.99. The minimum absolute atomic E-state index is 0.188. The van der Waals surface area contributed by atoms with Crippen molar-refractivity contribution in [3.05, 3.63) is 52.1 Å². The first-order valence-electron chi connectivity index (χ1n) is 7.83. The number of hydrogen-bond donors (Lipinski definition) is 1. The lowest BCUT2D eigenvalue weighted by Gasteiger charge is -2.07. The molecule has 0 spiro atoms. The van der Waals surface area contributed by atoms with Crippen LogP contribution in [-0.2, 0) is 6.54 Å². The van der Waals surface area contributed by atoms with Gasteiger partial charge in [0.2, 0.25) is 0 Å². The molecule has 0 fully saturated rings. The molecule has 3 aromatic rings. The van der Waals surface area contributed by atoms with Crippen LogP contribution in [0.1, 0.15) is 31.0 Å². The van der Waals surface area contributed by atoms with Crippen molar-refractivity contribution in [3.8, 4) is 6.01 Å². The maximum Gasteiger partial charge on any atom is 0.328 e. The van der Waals surface area contributed by atoms with Gasteiger partial charge < -0.3 is 9.72 Å². The SMILES string of the molecule is CCCCOc1nc(C)c2[nH]c(=O)n(Cc3ccccc3)c2n1. The van der Waals surface area contributed by atoms with Crippen LogP contribution in [0.3, 0.4) is 0 Å². The number of ether oxygens (including phenoxy) is 1. The van der Waals surface area contributed by atoms with Crippen LogP contribution in [-0.4, -0.2) is 26.1 Å². The molecule has 1 N–H and O–H groups in total. The van der Waals surface area contributed by atoms with Crippen molar-refractivity contribution in [2.45, 2.75) is 33.2 Å². The number of aromatic amines is 1. The van der Waals surface area contributed by atoms with Gasteiger partial charge in [0, 0.05) is 0 Å². The molecule has 0 unspecified atom stereocenters. The molecule has 0 aliphatic carbocycles. The number of aromatic nitrogens is 4. The van der Waals surface area contributed by atoms with Crippen molar-refractivity contribution in [1.29, 1.82) is 0 Å². The topological polar surface area (TPSA) is 72.8 Å². The number of aryl methyl sites for hydroxylation is 1. The zero-order valence-corrected chi connectivity index (χ0v) is 13.4. The first kappa shape index (κ1) is 15.3. The fourth-order valence-electron chi connectivity index (χ4n) is 2.43. The summed E-state index contributed by atoms with van der Waals surface area (Å²) in [5.41, 5.74) is 2.81. The monoisotopic (exact) mass is 312 g/mol. The van der Waals surface area contributed by atoms with Crippen molar-refractivity contribution in [2.24, 2.45) is 0 Å². The molecular weight excluding hydrogens is 292 g/mol. The van der Waals surface area contributed by atoms with Crippen LogP contribution in [0.25, 0.3) is 11.2 Å². The third-order valence-electron chi connectivity index (χ3n) is 3.70. The molecule has 0 saturated heterocycles. The summed E-state index contributed by atoms with van der Waals surface area (Å²) >= 11 is 0. The number of nitrogens with zero attached hydrogens (tertiary/aromatic N) is 3. The Hall–Kier alpha value is -2.63. The highest BCUT2D eigenvalue weighted by atomic mass is 16.5. The second-order valence-electron chi connectivity index (χ2n) is 5.49. The molecule has 0 saturated carbocycles. The molecule has 3 rings (SSSR count). The molecule has 23 heavy (non-hydrogen) atoms. The first-order chi connectivity index (χ1) is 11.2. The number of unbranched alkanes of at least 4 members (excludes halogenated alkanes) is 1. The van der Waals surface area contributed by atoms with E-state index in [0.29, 0.717) is 36.0 Å². The maximum atomic E-state index is 12.3. The fraction of sp³-hybridized carbons (Fsp3) is 0.353. The van der Waals surface area contributed by atoms with Gasteiger partial charge in [0.25, 0.3) is 0 Å². The van der Waals surface area contributed by atoms with Crippen molar-refractivity contribution < 1.29 is 4.74 Å². The van der Waals surface area contributed by atoms with Gasteiger partial charge in [0.1, 0.15) is 5.52 Å². The minimum atomic E-state index is -0.188. The van der Waals surface area contributed by atoms with E-state index in [1.54, 1.807) is 4.57 Å². The second-order valence-corrected chi connectivity index (χ2v) is 5.49. The van der Waals surface area contributed by atoms with Crippen molar-refractivity contribution in [3.63, 3.8) is 0 Å². The maximum absolute atomic E-state index is 12.3. The zero-order valence-electron chi connectivity index (χ0n) is 13.4. The van der Waals surface area contributed by atoms with Crippen LogP contribution in [0.2, 0.25) is 0 Å². The Labute approximate surface area is 134 Å². The average Bonchev–Trinajstić information content (AvgIpc) is 2.86. The van der Waals surface area contributed by atoms with E-state index >= 15 is 0 Å². The molecule has 0 radical (unpaired) electrons. The van der Waals surface area contributed by atoms with Gasteiger partial charge in [0.15, 0.2) is 5.65 Å². The molecule has 2 heterocycles. The average molecular weight is 312 g/mol. The Balaban J connectivity index is 2.00.